The van der Waals surface area contributed by atoms with Crippen LogP contribution in [0.4, 0.5) is 0 Å². The molecular weight excluding hydrogens is 274 g/mol. The van der Waals surface area contributed by atoms with Gasteiger partial charge in [0, 0.05) is 16.4 Å². The van der Waals surface area contributed by atoms with Crippen LogP contribution in [-0.2, 0) is 5.41 Å². The SMILES string of the molecule is NCC1(c2ccc(C3CC3)c(Br)c2)CCCC1. The second-order valence-corrected chi connectivity index (χ2v) is 6.56. The lowest BCUT2D eigenvalue weighted by Crippen LogP contribution is -2.32. The summed E-state index contributed by atoms with van der Waals surface area (Å²) in [7, 11) is 0. The summed E-state index contributed by atoms with van der Waals surface area (Å²) >= 11 is 3.75. The molecule has 1 aromatic rings. The van der Waals surface area contributed by atoms with Crippen molar-refractivity contribution >= 4 is 15.9 Å². The summed E-state index contributed by atoms with van der Waals surface area (Å²) in [6, 6.07) is 7.00. The highest BCUT2D eigenvalue weighted by Gasteiger charge is 2.35. The minimum atomic E-state index is 0.268. The molecule has 17 heavy (non-hydrogen) atoms. The van der Waals surface area contributed by atoms with Gasteiger partial charge in [-0.25, -0.2) is 0 Å². The standard InChI is InChI=1S/C15H20BrN/c16-14-9-12(5-6-13(14)11-3-4-11)15(10-17)7-1-2-8-15/h5-6,9,11H,1-4,7-8,10,17H2. The number of benzene rings is 1. The van der Waals surface area contributed by atoms with Gasteiger partial charge in [-0.15, -0.1) is 0 Å². The van der Waals surface area contributed by atoms with Gasteiger partial charge in [0.25, 0.3) is 0 Å². The van der Waals surface area contributed by atoms with E-state index in [0.717, 1.165) is 12.5 Å². The predicted octanol–water partition coefficient (Wildman–Crippen LogP) is 4.10. The van der Waals surface area contributed by atoms with Gasteiger partial charge < -0.3 is 5.73 Å². The molecule has 2 saturated carbocycles. The Morgan fingerprint density at radius 3 is 2.47 bits per heavy atom. The van der Waals surface area contributed by atoms with Crippen LogP contribution in [0.25, 0.3) is 0 Å². The third kappa shape index (κ3) is 2.06. The van der Waals surface area contributed by atoms with Crippen LogP contribution in [0, 0.1) is 0 Å². The highest BCUT2D eigenvalue weighted by atomic mass is 79.9. The molecule has 92 valence electrons. The van der Waals surface area contributed by atoms with E-state index in [1.807, 2.05) is 0 Å². The average molecular weight is 294 g/mol. The molecule has 0 bridgehead atoms. The molecule has 2 fully saturated rings. The smallest absolute Gasteiger partial charge is 0.0213 e. The Morgan fingerprint density at radius 2 is 1.94 bits per heavy atom. The fourth-order valence-electron chi connectivity index (χ4n) is 3.24. The van der Waals surface area contributed by atoms with Gasteiger partial charge in [-0.3, -0.25) is 0 Å². The Hall–Kier alpha value is -0.340. The molecule has 0 heterocycles. The summed E-state index contributed by atoms with van der Waals surface area (Å²) in [5, 5.41) is 0. The zero-order valence-corrected chi connectivity index (χ0v) is 11.8. The first kappa shape index (κ1) is 11.7. The van der Waals surface area contributed by atoms with E-state index in [9.17, 15) is 0 Å². The van der Waals surface area contributed by atoms with Crippen molar-refractivity contribution in [2.24, 2.45) is 5.73 Å². The van der Waals surface area contributed by atoms with Crippen molar-refractivity contribution in [2.75, 3.05) is 6.54 Å². The molecule has 0 radical (unpaired) electrons. The van der Waals surface area contributed by atoms with E-state index in [1.165, 1.54) is 54.1 Å². The van der Waals surface area contributed by atoms with Crippen molar-refractivity contribution in [1.82, 2.24) is 0 Å². The van der Waals surface area contributed by atoms with Crippen LogP contribution < -0.4 is 5.73 Å². The van der Waals surface area contributed by atoms with Crippen molar-refractivity contribution in [3.05, 3.63) is 33.8 Å². The van der Waals surface area contributed by atoms with E-state index < -0.39 is 0 Å². The number of hydrogen-bond donors (Lipinski definition) is 1. The normalized spacial score (nSPS) is 22.9. The molecule has 0 saturated heterocycles. The Kier molecular flexibility index (Phi) is 3.04. The van der Waals surface area contributed by atoms with Gasteiger partial charge in [0.2, 0.25) is 0 Å². The fraction of sp³-hybridized carbons (Fsp3) is 0.600. The number of hydrogen-bond acceptors (Lipinski definition) is 1. The molecule has 1 aromatic carbocycles. The second-order valence-electron chi connectivity index (χ2n) is 5.70. The monoisotopic (exact) mass is 293 g/mol. The molecule has 2 heteroatoms. The maximum atomic E-state index is 6.05. The van der Waals surface area contributed by atoms with Crippen LogP contribution in [0.2, 0.25) is 0 Å². The van der Waals surface area contributed by atoms with Gasteiger partial charge in [0.1, 0.15) is 0 Å². The topological polar surface area (TPSA) is 26.0 Å². The molecule has 0 amide bonds. The van der Waals surface area contributed by atoms with E-state index in [4.69, 9.17) is 5.73 Å². The summed E-state index contributed by atoms with van der Waals surface area (Å²) in [6.07, 6.45) is 7.91. The second kappa shape index (κ2) is 4.40. The van der Waals surface area contributed by atoms with Crippen molar-refractivity contribution in [3.8, 4) is 0 Å². The third-order valence-electron chi connectivity index (χ3n) is 4.58. The maximum Gasteiger partial charge on any atom is 0.0213 e. The first-order valence-corrected chi connectivity index (χ1v) is 7.54. The van der Waals surface area contributed by atoms with Gasteiger partial charge in [-0.1, -0.05) is 40.9 Å². The lowest BCUT2D eigenvalue weighted by Gasteiger charge is -2.28. The molecule has 0 unspecified atom stereocenters. The Balaban J connectivity index is 1.94. The summed E-state index contributed by atoms with van der Waals surface area (Å²) in [5.74, 6) is 0.816. The molecule has 0 aromatic heterocycles. The van der Waals surface area contributed by atoms with E-state index in [-0.39, 0.29) is 5.41 Å². The molecule has 3 rings (SSSR count). The molecule has 2 aliphatic carbocycles. The van der Waals surface area contributed by atoms with Crippen LogP contribution >= 0.6 is 15.9 Å². The molecule has 1 nitrogen and oxygen atoms in total. The lowest BCUT2D eigenvalue weighted by atomic mass is 9.78. The van der Waals surface area contributed by atoms with Gasteiger partial charge in [0.05, 0.1) is 0 Å². The zero-order chi connectivity index (χ0) is 11.9. The minimum Gasteiger partial charge on any atom is -0.330 e. The van der Waals surface area contributed by atoms with Crippen LogP contribution in [0.15, 0.2) is 22.7 Å². The van der Waals surface area contributed by atoms with Crippen LogP contribution in [-0.4, -0.2) is 6.54 Å². The highest BCUT2D eigenvalue weighted by Crippen LogP contribution is 2.46. The first-order chi connectivity index (χ1) is 8.25. The zero-order valence-electron chi connectivity index (χ0n) is 10.2. The van der Waals surface area contributed by atoms with Gasteiger partial charge in [0.15, 0.2) is 0 Å². The molecule has 0 atom stereocenters. The lowest BCUT2D eigenvalue weighted by molar-refractivity contribution is 0.452. The van der Waals surface area contributed by atoms with E-state index in [1.54, 1.807) is 0 Å². The summed E-state index contributed by atoms with van der Waals surface area (Å²) in [6.45, 7) is 0.794. The Morgan fingerprint density at radius 1 is 1.24 bits per heavy atom. The van der Waals surface area contributed by atoms with Crippen molar-refractivity contribution in [1.29, 1.82) is 0 Å². The Bertz CT molecular complexity index is 417. The summed E-state index contributed by atoms with van der Waals surface area (Å²) in [4.78, 5) is 0. The molecule has 2 aliphatic rings. The summed E-state index contributed by atoms with van der Waals surface area (Å²) < 4.78 is 1.30. The first-order valence-electron chi connectivity index (χ1n) is 6.75. The van der Waals surface area contributed by atoms with Crippen LogP contribution in [0.5, 0.6) is 0 Å². The Labute approximate surface area is 112 Å². The van der Waals surface area contributed by atoms with Crippen molar-refractivity contribution in [3.63, 3.8) is 0 Å². The minimum absolute atomic E-state index is 0.268. The van der Waals surface area contributed by atoms with E-state index in [2.05, 4.69) is 34.1 Å². The van der Waals surface area contributed by atoms with E-state index >= 15 is 0 Å². The van der Waals surface area contributed by atoms with Gasteiger partial charge in [-0.05, 0) is 48.8 Å². The molecular formula is C15H20BrN. The average Bonchev–Trinajstić information content (AvgIpc) is 3.07. The van der Waals surface area contributed by atoms with Gasteiger partial charge in [-0.2, -0.15) is 0 Å². The predicted molar refractivity (Wildman–Crippen MR) is 75.3 cm³/mol. The maximum absolute atomic E-state index is 6.05. The third-order valence-corrected chi connectivity index (χ3v) is 5.27. The molecule has 0 aliphatic heterocycles. The highest BCUT2D eigenvalue weighted by molar-refractivity contribution is 9.10. The van der Waals surface area contributed by atoms with Crippen LogP contribution in [0.3, 0.4) is 0 Å². The number of halogens is 1. The molecule has 2 N–H and O–H groups in total. The quantitative estimate of drug-likeness (QED) is 0.892. The van der Waals surface area contributed by atoms with Gasteiger partial charge >= 0.3 is 0 Å². The largest absolute Gasteiger partial charge is 0.330 e. The molecule has 0 spiro atoms. The van der Waals surface area contributed by atoms with Crippen LogP contribution in [0.1, 0.15) is 55.6 Å². The van der Waals surface area contributed by atoms with E-state index in [0.29, 0.717) is 0 Å². The number of nitrogens with two attached hydrogens (primary N) is 1. The number of rotatable bonds is 3. The van der Waals surface area contributed by atoms with Crippen molar-refractivity contribution < 1.29 is 0 Å². The van der Waals surface area contributed by atoms with Crippen molar-refractivity contribution in [2.45, 2.75) is 49.9 Å². The summed E-state index contributed by atoms with van der Waals surface area (Å²) in [5.41, 5.74) is 9.27. The fourth-order valence-corrected chi connectivity index (χ4v) is 3.95.